The van der Waals surface area contributed by atoms with Crippen LogP contribution in [0.1, 0.15) is 72.3 Å². The standard InChI is InChI=1S/C56H69F3N8O9.C3H8/c1-60-55(71)42-15-17-49(52(30-42)72-3)61-20-5-7-45-31-47-48(8-4-9-50(47)67(45)38-56(57,58)59)63-43-18-22-66(23-19-43)21-6-24-73-25-26-74-27-28-75-37-54(70)62-33-39-10-12-40(13-11-39)36-76-46-16-14-41-29-44(35-68)64-53(69)34-65(2)51(41)32-46;1-3-2/h4,8-17,30-32,43-44,61,63,68H,6,18-29,33-38H2,1-3H3,(H,60,71)(H,62,70)(H,64,69);3H2,1-2H3. The minimum Gasteiger partial charge on any atom is -0.495 e. The van der Waals surface area contributed by atoms with E-state index in [0.29, 0.717) is 79.7 Å². The molecule has 1 saturated heterocycles. The summed E-state index contributed by atoms with van der Waals surface area (Å²) in [5.74, 6) is 6.39. The summed E-state index contributed by atoms with van der Waals surface area (Å²) in [5, 5.41) is 25.4. The van der Waals surface area contributed by atoms with E-state index in [1.807, 2.05) is 60.5 Å². The van der Waals surface area contributed by atoms with Crippen molar-refractivity contribution in [2.75, 3.05) is 116 Å². The second kappa shape index (κ2) is 31.5. The van der Waals surface area contributed by atoms with Crippen molar-refractivity contribution in [3.05, 3.63) is 113 Å². The molecule has 2 aliphatic rings. The molecule has 1 unspecified atom stereocenters. The lowest BCUT2D eigenvalue weighted by atomic mass is 10.0. The Morgan fingerprint density at radius 2 is 1.61 bits per heavy atom. The van der Waals surface area contributed by atoms with Gasteiger partial charge in [-0.15, -0.1) is 0 Å². The maximum absolute atomic E-state index is 13.8. The lowest BCUT2D eigenvalue weighted by molar-refractivity contribution is -0.140. The van der Waals surface area contributed by atoms with E-state index < -0.39 is 12.7 Å². The number of fused-ring (bicyclic) bond motifs is 2. The molecule has 428 valence electrons. The van der Waals surface area contributed by atoms with Crippen LogP contribution in [0.25, 0.3) is 10.9 Å². The molecule has 1 fully saturated rings. The van der Waals surface area contributed by atoms with Crippen LogP contribution in [0.2, 0.25) is 0 Å². The van der Waals surface area contributed by atoms with Crippen LogP contribution in [0.3, 0.4) is 0 Å². The monoisotopic (exact) mass is 1100 g/mol. The molecule has 6 N–H and O–H groups in total. The van der Waals surface area contributed by atoms with E-state index in [9.17, 15) is 32.7 Å². The van der Waals surface area contributed by atoms with Crippen LogP contribution in [-0.2, 0) is 49.9 Å². The number of nitrogens with one attached hydrogen (secondary N) is 5. The summed E-state index contributed by atoms with van der Waals surface area (Å²) in [6, 6.07) is 25.4. The minimum atomic E-state index is -4.45. The van der Waals surface area contributed by atoms with Crippen molar-refractivity contribution in [1.82, 2.24) is 25.4 Å². The number of halogens is 3. The number of amides is 3. The van der Waals surface area contributed by atoms with Crippen molar-refractivity contribution in [3.8, 4) is 23.3 Å². The van der Waals surface area contributed by atoms with E-state index in [1.165, 1.54) is 25.1 Å². The van der Waals surface area contributed by atoms with E-state index in [1.54, 1.807) is 36.4 Å². The number of ether oxygens (including phenoxy) is 5. The Labute approximate surface area is 461 Å². The number of aromatic nitrogens is 1. The highest BCUT2D eigenvalue weighted by molar-refractivity contribution is 5.95. The van der Waals surface area contributed by atoms with Crippen LogP contribution in [0.5, 0.6) is 11.5 Å². The van der Waals surface area contributed by atoms with Crippen LogP contribution in [-0.4, -0.2) is 151 Å². The molecule has 3 heterocycles. The SMILES string of the molecule is CCC.CNC(=O)c1ccc(NCC#Cc2cc3c(NC4CCN(CCCOCCOCCOCC(=O)NCc5ccc(COc6ccc7c(c6)N(C)CC(=O)NC(CO)C7)cc5)CC4)cccc3n2CC(F)(F)F)c(OC)c1. The van der Waals surface area contributed by atoms with Gasteiger partial charge in [0.15, 0.2) is 0 Å². The number of alkyl halides is 3. The number of carbonyl (C=O) groups excluding carboxylic acids is 3. The van der Waals surface area contributed by atoms with E-state index in [4.69, 9.17) is 23.7 Å². The highest BCUT2D eigenvalue weighted by Crippen LogP contribution is 2.32. The third-order valence-electron chi connectivity index (χ3n) is 13.1. The number of aliphatic hydroxyl groups is 1. The predicted molar refractivity (Wildman–Crippen MR) is 301 cm³/mol. The minimum absolute atomic E-state index is 0.0789. The topological polar surface area (TPSA) is 189 Å². The van der Waals surface area contributed by atoms with E-state index in [2.05, 4.69) is 57.2 Å². The second-order valence-corrected chi connectivity index (χ2v) is 19.4. The van der Waals surface area contributed by atoms with Gasteiger partial charge < -0.3 is 69.7 Å². The number of hydrogen-bond acceptors (Lipinski definition) is 13. The number of methoxy groups -OCH3 is 1. The molecular weight excluding hydrogens is 1020 g/mol. The third-order valence-corrected chi connectivity index (χ3v) is 13.1. The maximum Gasteiger partial charge on any atom is 0.406 e. The van der Waals surface area contributed by atoms with Crippen LogP contribution in [0.4, 0.5) is 30.2 Å². The molecule has 0 bridgehead atoms. The fourth-order valence-corrected chi connectivity index (χ4v) is 9.11. The first-order chi connectivity index (χ1) is 38.2. The predicted octanol–water partition coefficient (Wildman–Crippen LogP) is 7.13. The summed E-state index contributed by atoms with van der Waals surface area (Å²) in [4.78, 5) is 40.9. The molecule has 1 aromatic heterocycles. The van der Waals surface area contributed by atoms with Crippen molar-refractivity contribution >= 4 is 45.7 Å². The van der Waals surface area contributed by atoms with Crippen LogP contribution in [0.15, 0.2) is 84.9 Å². The first-order valence-electron chi connectivity index (χ1n) is 27.0. The van der Waals surface area contributed by atoms with Gasteiger partial charge in [-0.2, -0.15) is 13.2 Å². The Hall–Kier alpha value is -7.02. The Balaban J connectivity index is 0.00000328. The summed E-state index contributed by atoms with van der Waals surface area (Å²) in [6.45, 7) is 8.60. The summed E-state index contributed by atoms with van der Waals surface area (Å²) in [7, 11) is 4.88. The van der Waals surface area contributed by atoms with Gasteiger partial charge in [0.05, 0.1) is 76.2 Å². The fraction of sp³-hybridized carbons (Fsp3) is 0.475. The number of likely N-dealkylation sites (N-methyl/N-ethyl adjacent to an activating group) is 1. The molecule has 79 heavy (non-hydrogen) atoms. The number of piperidine rings is 1. The Bertz CT molecular complexity index is 2790. The fourth-order valence-electron chi connectivity index (χ4n) is 9.11. The molecule has 1 atom stereocenters. The lowest BCUT2D eigenvalue weighted by Gasteiger charge is -2.33. The smallest absolute Gasteiger partial charge is 0.406 e. The zero-order valence-corrected chi connectivity index (χ0v) is 46.1. The summed E-state index contributed by atoms with van der Waals surface area (Å²) in [6.07, 6.45) is -0.0498. The average Bonchev–Trinajstić information content (AvgIpc) is 3.86. The molecule has 3 amide bonds. The van der Waals surface area contributed by atoms with Crippen molar-refractivity contribution < 1.29 is 56.3 Å². The number of nitrogens with zero attached hydrogens (tertiary/aromatic N) is 3. The second-order valence-electron chi connectivity index (χ2n) is 19.4. The van der Waals surface area contributed by atoms with Gasteiger partial charge in [-0.3, -0.25) is 14.4 Å². The normalized spacial score (nSPS) is 14.8. The maximum atomic E-state index is 13.8. The molecule has 0 radical (unpaired) electrons. The van der Waals surface area contributed by atoms with Gasteiger partial charge in [0.1, 0.15) is 31.3 Å². The summed E-state index contributed by atoms with van der Waals surface area (Å²) in [5.41, 5.74) is 6.30. The van der Waals surface area contributed by atoms with Crippen molar-refractivity contribution in [2.45, 2.75) is 83.9 Å². The van der Waals surface area contributed by atoms with Crippen LogP contribution >= 0.6 is 0 Å². The largest absolute Gasteiger partial charge is 0.495 e. The molecule has 7 rings (SSSR count). The van der Waals surface area contributed by atoms with Gasteiger partial charge in [-0.25, -0.2) is 0 Å². The molecule has 17 nitrogen and oxygen atoms in total. The molecule has 0 saturated carbocycles. The summed E-state index contributed by atoms with van der Waals surface area (Å²) >= 11 is 0. The third kappa shape index (κ3) is 19.7. The zero-order valence-electron chi connectivity index (χ0n) is 46.1. The first-order valence-corrected chi connectivity index (χ1v) is 27.0. The lowest BCUT2D eigenvalue weighted by Crippen LogP contribution is -2.46. The Morgan fingerprint density at radius 3 is 2.32 bits per heavy atom. The molecule has 0 spiro atoms. The number of hydrogen-bond donors (Lipinski definition) is 6. The highest BCUT2D eigenvalue weighted by atomic mass is 19.4. The van der Waals surface area contributed by atoms with Gasteiger partial charge in [-0.05, 0) is 90.8 Å². The van der Waals surface area contributed by atoms with E-state index in [0.717, 1.165) is 67.0 Å². The van der Waals surface area contributed by atoms with Gasteiger partial charge >= 0.3 is 6.18 Å². The molecule has 20 heteroatoms. The molecule has 2 aliphatic heterocycles. The zero-order chi connectivity index (χ0) is 56.6. The van der Waals surface area contributed by atoms with Crippen LogP contribution in [0, 0.1) is 11.8 Å². The number of rotatable bonds is 25. The van der Waals surface area contributed by atoms with Gasteiger partial charge in [0, 0.05) is 81.3 Å². The van der Waals surface area contributed by atoms with Crippen LogP contribution < -0.4 is 41.0 Å². The van der Waals surface area contributed by atoms with Gasteiger partial charge in [0.25, 0.3) is 5.91 Å². The highest BCUT2D eigenvalue weighted by Gasteiger charge is 2.30. The number of anilines is 3. The number of benzene rings is 4. The van der Waals surface area contributed by atoms with Crippen molar-refractivity contribution in [2.24, 2.45) is 0 Å². The van der Waals surface area contributed by atoms with E-state index in [-0.39, 0.29) is 68.4 Å². The number of carbonyl (C=O) groups is 3. The summed E-state index contributed by atoms with van der Waals surface area (Å²) < 4.78 is 71.1. The van der Waals surface area contributed by atoms with Crippen molar-refractivity contribution in [1.29, 1.82) is 0 Å². The Morgan fingerprint density at radius 1 is 0.886 bits per heavy atom. The first kappa shape index (κ1) is 61.2. The molecule has 4 aromatic carbocycles. The van der Waals surface area contributed by atoms with Gasteiger partial charge in [0.2, 0.25) is 11.8 Å². The quantitative estimate of drug-likeness (QED) is 0.0256. The number of aliphatic hydroxyl groups excluding tert-OH is 1. The molecule has 5 aromatic rings. The molecule has 0 aliphatic carbocycles. The van der Waals surface area contributed by atoms with Gasteiger partial charge in [-0.1, -0.05) is 62.6 Å². The molecular formula is C59H77F3N8O9. The van der Waals surface area contributed by atoms with Crippen molar-refractivity contribution in [3.63, 3.8) is 0 Å². The average molecular weight is 1100 g/mol. The number of likely N-dealkylation sites (tertiary alicyclic amines) is 1. The van der Waals surface area contributed by atoms with E-state index >= 15 is 0 Å². The Kier molecular flexibility index (Phi) is 24.4.